The number of methoxy groups -OCH3 is 1. The minimum absolute atomic E-state index is 0.0536. The Balaban J connectivity index is 1.49. The van der Waals surface area contributed by atoms with Gasteiger partial charge in [-0.05, 0) is 59.2 Å². The third-order valence-electron chi connectivity index (χ3n) is 6.24. The van der Waals surface area contributed by atoms with Gasteiger partial charge in [-0.1, -0.05) is 26.0 Å². The second-order valence-electron chi connectivity index (χ2n) is 8.95. The highest BCUT2D eigenvalue weighted by Crippen LogP contribution is 2.34. The lowest BCUT2D eigenvalue weighted by Crippen LogP contribution is -2.48. The highest BCUT2D eigenvalue weighted by molar-refractivity contribution is 7.10. The van der Waals surface area contributed by atoms with Crippen LogP contribution in [0.4, 0.5) is 0 Å². The number of ether oxygens (including phenoxy) is 2. The van der Waals surface area contributed by atoms with Gasteiger partial charge < -0.3 is 23.7 Å². The highest BCUT2D eigenvalue weighted by atomic mass is 32.1. The predicted octanol–water partition coefficient (Wildman–Crippen LogP) is 4.64. The average Bonchev–Trinajstić information content (AvgIpc) is 3.54. The van der Waals surface area contributed by atoms with E-state index in [0.29, 0.717) is 24.8 Å². The first kappa shape index (κ1) is 25.0. The van der Waals surface area contributed by atoms with E-state index in [2.05, 4.69) is 37.4 Å². The lowest BCUT2D eigenvalue weighted by atomic mass is 10.00. The molecule has 0 spiro atoms. The molecule has 35 heavy (non-hydrogen) atoms. The molecule has 0 N–H and O–H groups in total. The standard InChI is InChI=1S/C27H32N2O5S/c1-19(2)20-6-8-21(9-7-20)34-17-24-23-11-14-35-25(23)10-12-29(24)26(30)16-28(27(31)18-32-3)15-22-5-4-13-33-22/h4-9,11,13-14,19,24H,10,12,15-18H2,1-3H3/t24-/m1/s1. The van der Waals surface area contributed by atoms with Crippen LogP contribution < -0.4 is 4.74 Å². The molecule has 7 nitrogen and oxygen atoms in total. The van der Waals surface area contributed by atoms with Crippen LogP contribution in [0.1, 0.15) is 47.6 Å². The summed E-state index contributed by atoms with van der Waals surface area (Å²) in [6.07, 6.45) is 2.35. The molecule has 1 aromatic carbocycles. The minimum Gasteiger partial charge on any atom is -0.491 e. The number of hydrogen-bond donors (Lipinski definition) is 0. The van der Waals surface area contributed by atoms with Crippen LogP contribution >= 0.6 is 11.3 Å². The van der Waals surface area contributed by atoms with Crippen LogP contribution in [0.2, 0.25) is 0 Å². The molecule has 0 fully saturated rings. The van der Waals surface area contributed by atoms with Crippen LogP contribution in [0.15, 0.2) is 58.5 Å². The van der Waals surface area contributed by atoms with Crippen molar-refractivity contribution >= 4 is 23.2 Å². The SMILES string of the molecule is COCC(=O)N(CC(=O)N1CCc2sccc2[C@H]1COc1ccc(C(C)C)cc1)Cc1ccco1. The van der Waals surface area contributed by atoms with Gasteiger partial charge >= 0.3 is 0 Å². The van der Waals surface area contributed by atoms with E-state index < -0.39 is 0 Å². The van der Waals surface area contributed by atoms with Gasteiger partial charge in [0.1, 0.15) is 31.3 Å². The summed E-state index contributed by atoms with van der Waals surface area (Å²) < 4.78 is 16.6. The van der Waals surface area contributed by atoms with Crippen molar-refractivity contribution in [3.63, 3.8) is 0 Å². The van der Waals surface area contributed by atoms with Crippen molar-refractivity contribution in [3.05, 3.63) is 75.9 Å². The van der Waals surface area contributed by atoms with Crippen molar-refractivity contribution in [2.75, 3.05) is 33.4 Å². The number of carbonyl (C=O) groups excluding carboxylic acids is 2. The molecule has 3 heterocycles. The van der Waals surface area contributed by atoms with Gasteiger partial charge in [-0.25, -0.2) is 0 Å². The minimum atomic E-state index is -0.261. The lowest BCUT2D eigenvalue weighted by molar-refractivity contribution is -0.145. The molecule has 2 aromatic heterocycles. The largest absolute Gasteiger partial charge is 0.491 e. The Morgan fingerprint density at radius 2 is 2.00 bits per heavy atom. The Kier molecular flexibility index (Phi) is 8.25. The van der Waals surface area contributed by atoms with E-state index in [1.54, 1.807) is 29.7 Å². The molecule has 186 valence electrons. The van der Waals surface area contributed by atoms with Crippen LogP contribution in [0, 0.1) is 0 Å². The molecule has 1 aliphatic heterocycles. The molecule has 3 aromatic rings. The van der Waals surface area contributed by atoms with E-state index >= 15 is 0 Å². The Hall–Kier alpha value is -3.10. The predicted molar refractivity (Wildman–Crippen MR) is 135 cm³/mol. The molecule has 0 unspecified atom stereocenters. The molecule has 0 saturated carbocycles. The fraction of sp³-hybridized carbons (Fsp3) is 0.407. The number of thiophene rings is 1. The molecule has 8 heteroatoms. The Morgan fingerprint density at radius 1 is 1.20 bits per heavy atom. The fourth-order valence-corrected chi connectivity index (χ4v) is 5.22. The first-order valence-corrected chi connectivity index (χ1v) is 12.7. The molecule has 0 radical (unpaired) electrons. The summed E-state index contributed by atoms with van der Waals surface area (Å²) in [5.41, 5.74) is 2.37. The van der Waals surface area contributed by atoms with Crippen molar-refractivity contribution in [3.8, 4) is 5.75 Å². The second-order valence-corrected chi connectivity index (χ2v) is 9.95. The fourth-order valence-electron chi connectivity index (χ4n) is 4.29. The van der Waals surface area contributed by atoms with Crippen LogP contribution in [0.5, 0.6) is 5.75 Å². The Labute approximate surface area is 210 Å². The number of hydrogen-bond acceptors (Lipinski definition) is 6. The van der Waals surface area contributed by atoms with E-state index in [1.165, 1.54) is 22.5 Å². The summed E-state index contributed by atoms with van der Waals surface area (Å²) in [5, 5.41) is 2.06. The zero-order valence-electron chi connectivity index (χ0n) is 20.4. The molecular weight excluding hydrogens is 464 g/mol. The maximum atomic E-state index is 13.5. The lowest BCUT2D eigenvalue weighted by Gasteiger charge is -2.37. The number of benzene rings is 1. The average molecular weight is 497 g/mol. The normalized spacial score (nSPS) is 15.2. The van der Waals surface area contributed by atoms with Crippen LogP contribution in [0.25, 0.3) is 0 Å². The first-order chi connectivity index (χ1) is 17.0. The zero-order chi connectivity index (χ0) is 24.8. The van der Waals surface area contributed by atoms with E-state index in [0.717, 1.165) is 17.7 Å². The van der Waals surface area contributed by atoms with Gasteiger partial charge in [-0.3, -0.25) is 9.59 Å². The van der Waals surface area contributed by atoms with Crippen LogP contribution in [0.3, 0.4) is 0 Å². The Morgan fingerprint density at radius 3 is 2.69 bits per heavy atom. The third-order valence-corrected chi connectivity index (χ3v) is 7.24. The third kappa shape index (κ3) is 6.13. The highest BCUT2D eigenvalue weighted by Gasteiger charge is 2.33. The summed E-state index contributed by atoms with van der Waals surface area (Å²) in [7, 11) is 1.47. The van der Waals surface area contributed by atoms with Crippen molar-refractivity contribution < 1.29 is 23.5 Å². The molecule has 2 amide bonds. The molecule has 0 aliphatic carbocycles. The molecule has 0 saturated heterocycles. The molecule has 0 bridgehead atoms. The summed E-state index contributed by atoms with van der Waals surface area (Å²) >= 11 is 1.71. The summed E-state index contributed by atoms with van der Waals surface area (Å²) in [6.45, 7) is 5.31. The quantitative estimate of drug-likeness (QED) is 0.409. The smallest absolute Gasteiger partial charge is 0.249 e. The number of amides is 2. The van der Waals surface area contributed by atoms with Gasteiger partial charge in [0.15, 0.2) is 0 Å². The molecular formula is C27H32N2O5S. The van der Waals surface area contributed by atoms with Crippen molar-refractivity contribution in [1.82, 2.24) is 9.80 Å². The summed E-state index contributed by atoms with van der Waals surface area (Å²) in [5.74, 6) is 1.46. The topological polar surface area (TPSA) is 72.2 Å². The number of nitrogens with zero attached hydrogens (tertiary/aromatic N) is 2. The van der Waals surface area contributed by atoms with Crippen molar-refractivity contribution in [2.45, 2.75) is 38.8 Å². The maximum Gasteiger partial charge on any atom is 0.249 e. The van der Waals surface area contributed by atoms with Crippen molar-refractivity contribution in [1.29, 1.82) is 0 Å². The molecule has 1 atom stereocenters. The second kappa shape index (κ2) is 11.6. The van der Waals surface area contributed by atoms with Gasteiger partial charge in [0, 0.05) is 18.5 Å². The van der Waals surface area contributed by atoms with E-state index in [4.69, 9.17) is 13.9 Å². The first-order valence-electron chi connectivity index (χ1n) is 11.8. The van der Waals surface area contributed by atoms with Crippen LogP contribution in [-0.4, -0.2) is 55.0 Å². The van der Waals surface area contributed by atoms with Crippen LogP contribution in [-0.2, 0) is 27.3 Å². The number of rotatable bonds is 10. The number of fused-ring (bicyclic) bond motifs is 1. The van der Waals surface area contributed by atoms with E-state index in [9.17, 15) is 9.59 Å². The van der Waals surface area contributed by atoms with Gasteiger partial charge in [0.2, 0.25) is 11.8 Å². The Bertz CT molecular complexity index is 1110. The number of carbonyl (C=O) groups is 2. The monoisotopic (exact) mass is 496 g/mol. The van der Waals surface area contributed by atoms with E-state index in [1.807, 2.05) is 17.0 Å². The summed E-state index contributed by atoms with van der Waals surface area (Å²) in [6, 6.07) is 13.5. The molecule has 1 aliphatic rings. The van der Waals surface area contributed by atoms with Crippen molar-refractivity contribution in [2.24, 2.45) is 0 Å². The molecule has 4 rings (SSSR count). The van der Waals surface area contributed by atoms with Gasteiger partial charge in [0.05, 0.1) is 18.8 Å². The van der Waals surface area contributed by atoms with Gasteiger partial charge in [0.25, 0.3) is 0 Å². The van der Waals surface area contributed by atoms with Gasteiger partial charge in [-0.15, -0.1) is 11.3 Å². The zero-order valence-corrected chi connectivity index (χ0v) is 21.3. The van der Waals surface area contributed by atoms with Gasteiger partial charge in [-0.2, -0.15) is 0 Å². The van der Waals surface area contributed by atoms with E-state index in [-0.39, 0.29) is 37.6 Å². The maximum absolute atomic E-state index is 13.5. The summed E-state index contributed by atoms with van der Waals surface area (Å²) in [4.78, 5) is 30.8. The number of furan rings is 1.